The smallest absolute Gasteiger partial charge is 0.271 e. The summed E-state index contributed by atoms with van der Waals surface area (Å²) in [6, 6.07) is 12.7. The number of carbonyl (C=O) groups excluding carboxylic acids is 1. The average molecular weight is 341 g/mol. The zero-order valence-corrected chi connectivity index (χ0v) is 13.8. The predicted octanol–water partition coefficient (Wildman–Crippen LogP) is 3.54. The maximum Gasteiger partial charge on any atom is 0.271 e. The minimum Gasteiger partial charge on any atom is -0.494 e. The second kappa shape index (κ2) is 9.17. The van der Waals surface area contributed by atoms with Gasteiger partial charge in [0.2, 0.25) is 0 Å². The number of nitrogens with one attached hydrogen (secondary N) is 1. The molecule has 1 amide bonds. The van der Waals surface area contributed by atoms with E-state index < -0.39 is 10.8 Å². The molecule has 2 rings (SSSR count). The average Bonchev–Trinajstić information content (AvgIpc) is 2.63. The van der Waals surface area contributed by atoms with Crippen molar-refractivity contribution < 1.29 is 14.5 Å². The maximum absolute atomic E-state index is 11.9. The number of unbranched alkanes of at least 4 members (excludes halogenated alkanes) is 1. The summed E-state index contributed by atoms with van der Waals surface area (Å²) in [7, 11) is 0. The van der Waals surface area contributed by atoms with Gasteiger partial charge in [0.05, 0.1) is 17.7 Å². The topological polar surface area (TPSA) is 93.8 Å². The molecule has 0 fully saturated rings. The molecule has 0 saturated carbocycles. The van der Waals surface area contributed by atoms with Crippen LogP contribution in [0.1, 0.15) is 35.7 Å². The summed E-state index contributed by atoms with van der Waals surface area (Å²) in [5.41, 5.74) is 3.42. The second-order valence-electron chi connectivity index (χ2n) is 5.27. The maximum atomic E-state index is 11.9. The molecule has 0 spiro atoms. The molecule has 1 N–H and O–H groups in total. The number of hydrazone groups is 1. The van der Waals surface area contributed by atoms with Crippen LogP contribution < -0.4 is 10.2 Å². The van der Waals surface area contributed by atoms with E-state index in [1.54, 1.807) is 0 Å². The quantitative estimate of drug-likeness (QED) is 0.344. The summed E-state index contributed by atoms with van der Waals surface area (Å²) in [5, 5.41) is 14.5. The molecule has 0 aromatic heterocycles. The molecule has 2 aromatic carbocycles. The van der Waals surface area contributed by atoms with Crippen molar-refractivity contribution in [2.45, 2.75) is 19.8 Å². The minimum absolute atomic E-state index is 0.0682. The van der Waals surface area contributed by atoms with Crippen molar-refractivity contribution in [1.82, 2.24) is 5.43 Å². The number of non-ortho nitro benzene ring substituents is 1. The first kappa shape index (κ1) is 18.1. The highest BCUT2D eigenvalue weighted by Gasteiger charge is 2.08. The van der Waals surface area contributed by atoms with Crippen molar-refractivity contribution in [3.63, 3.8) is 0 Å². The van der Waals surface area contributed by atoms with Crippen LogP contribution >= 0.6 is 0 Å². The van der Waals surface area contributed by atoms with E-state index in [4.69, 9.17) is 4.74 Å². The van der Waals surface area contributed by atoms with Crippen LogP contribution in [0.2, 0.25) is 0 Å². The lowest BCUT2D eigenvalue weighted by Crippen LogP contribution is -2.17. The molecule has 25 heavy (non-hydrogen) atoms. The van der Waals surface area contributed by atoms with E-state index in [1.165, 1.54) is 30.5 Å². The summed E-state index contributed by atoms with van der Waals surface area (Å²) < 4.78 is 5.57. The fourth-order valence-corrected chi connectivity index (χ4v) is 1.95. The summed E-state index contributed by atoms with van der Waals surface area (Å²) in [6.45, 7) is 2.79. The highest BCUT2D eigenvalue weighted by Crippen LogP contribution is 2.12. The Morgan fingerprint density at radius 3 is 2.48 bits per heavy atom. The molecule has 0 saturated heterocycles. The molecular formula is C18H19N3O4. The van der Waals surface area contributed by atoms with Crippen molar-refractivity contribution in [3.05, 3.63) is 69.8 Å². The van der Waals surface area contributed by atoms with Crippen LogP contribution in [0.25, 0.3) is 0 Å². The van der Waals surface area contributed by atoms with E-state index >= 15 is 0 Å². The fraction of sp³-hybridized carbons (Fsp3) is 0.222. The van der Waals surface area contributed by atoms with E-state index in [-0.39, 0.29) is 5.69 Å². The lowest BCUT2D eigenvalue weighted by atomic mass is 10.2. The van der Waals surface area contributed by atoms with Gasteiger partial charge in [0.25, 0.3) is 11.6 Å². The van der Waals surface area contributed by atoms with Gasteiger partial charge in [0.15, 0.2) is 0 Å². The van der Waals surface area contributed by atoms with Crippen LogP contribution in [0, 0.1) is 10.1 Å². The van der Waals surface area contributed by atoms with Crippen LogP contribution in [0.15, 0.2) is 53.6 Å². The summed E-state index contributed by atoms with van der Waals surface area (Å²) in [6.07, 6.45) is 3.61. The molecule has 7 nitrogen and oxygen atoms in total. The SMILES string of the molecule is CCCCOc1ccc(/C=N/NC(=O)c2ccc([N+](=O)[O-])cc2)cc1. The predicted molar refractivity (Wildman–Crippen MR) is 95.0 cm³/mol. The van der Waals surface area contributed by atoms with E-state index in [9.17, 15) is 14.9 Å². The van der Waals surface area contributed by atoms with Gasteiger partial charge in [0.1, 0.15) is 5.75 Å². The number of hydrogen-bond donors (Lipinski definition) is 1. The number of carbonyl (C=O) groups is 1. The number of rotatable bonds is 8. The third kappa shape index (κ3) is 5.72. The van der Waals surface area contributed by atoms with Gasteiger partial charge in [-0.25, -0.2) is 5.43 Å². The Kier molecular flexibility index (Phi) is 6.65. The number of hydrogen-bond acceptors (Lipinski definition) is 5. The van der Waals surface area contributed by atoms with Crippen molar-refractivity contribution in [2.75, 3.05) is 6.61 Å². The Hall–Kier alpha value is -3.22. The molecule has 0 aliphatic rings. The zero-order chi connectivity index (χ0) is 18.1. The number of amides is 1. The van der Waals surface area contributed by atoms with Crippen molar-refractivity contribution in [1.29, 1.82) is 0 Å². The van der Waals surface area contributed by atoms with Gasteiger partial charge in [-0.05, 0) is 48.4 Å². The number of benzene rings is 2. The van der Waals surface area contributed by atoms with Crippen molar-refractivity contribution in [2.24, 2.45) is 5.10 Å². The van der Waals surface area contributed by atoms with Crippen LogP contribution in [-0.4, -0.2) is 23.7 Å². The Bertz CT molecular complexity index is 740. The van der Waals surface area contributed by atoms with Gasteiger partial charge in [-0.3, -0.25) is 14.9 Å². The summed E-state index contributed by atoms with van der Waals surface area (Å²) in [5.74, 6) is 0.353. The largest absolute Gasteiger partial charge is 0.494 e. The first-order chi connectivity index (χ1) is 12.1. The van der Waals surface area contributed by atoms with E-state index in [0.717, 1.165) is 24.2 Å². The molecule has 7 heteroatoms. The van der Waals surface area contributed by atoms with Gasteiger partial charge in [-0.1, -0.05) is 13.3 Å². The lowest BCUT2D eigenvalue weighted by molar-refractivity contribution is -0.384. The molecule has 130 valence electrons. The lowest BCUT2D eigenvalue weighted by Gasteiger charge is -2.05. The molecule has 0 atom stereocenters. The molecule has 0 bridgehead atoms. The minimum atomic E-state index is -0.518. The molecular weight excluding hydrogens is 322 g/mol. The number of nitrogens with zero attached hydrogens (tertiary/aromatic N) is 2. The molecule has 0 unspecified atom stereocenters. The van der Waals surface area contributed by atoms with Crippen molar-refractivity contribution in [3.8, 4) is 5.75 Å². The number of nitro groups is 1. The Labute approximate surface area is 145 Å². The number of ether oxygens (including phenoxy) is 1. The third-order valence-electron chi connectivity index (χ3n) is 3.37. The van der Waals surface area contributed by atoms with Gasteiger partial charge >= 0.3 is 0 Å². The first-order valence-electron chi connectivity index (χ1n) is 7.91. The van der Waals surface area contributed by atoms with Gasteiger partial charge in [-0.15, -0.1) is 0 Å². The number of nitro benzene ring substituents is 1. The first-order valence-corrected chi connectivity index (χ1v) is 7.91. The van der Waals surface area contributed by atoms with E-state index in [0.29, 0.717) is 12.2 Å². The molecule has 0 aliphatic heterocycles. The van der Waals surface area contributed by atoms with Crippen molar-refractivity contribution >= 4 is 17.8 Å². The van der Waals surface area contributed by atoms with Crippen LogP contribution in [0.5, 0.6) is 5.75 Å². The molecule has 0 radical (unpaired) electrons. The molecule has 0 heterocycles. The monoisotopic (exact) mass is 341 g/mol. The Morgan fingerprint density at radius 2 is 1.88 bits per heavy atom. The van der Waals surface area contributed by atoms with Gasteiger partial charge in [0, 0.05) is 17.7 Å². The highest BCUT2D eigenvalue weighted by molar-refractivity contribution is 5.95. The van der Waals surface area contributed by atoms with Gasteiger partial charge in [-0.2, -0.15) is 5.10 Å². The van der Waals surface area contributed by atoms with Crippen LogP contribution in [0.4, 0.5) is 5.69 Å². The normalized spacial score (nSPS) is 10.6. The zero-order valence-electron chi connectivity index (χ0n) is 13.8. The van der Waals surface area contributed by atoms with E-state index in [2.05, 4.69) is 17.5 Å². The standard InChI is InChI=1S/C18H19N3O4/c1-2-3-12-25-17-10-4-14(5-11-17)13-19-20-18(22)15-6-8-16(9-7-15)21(23)24/h4-11,13H,2-3,12H2,1H3,(H,20,22)/b19-13+. The molecule has 0 aliphatic carbocycles. The summed E-state index contributed by atoms with van der Waals surface area (Å²) in [4.78, 5) is 22.0. The highest BCUT2D eigenvalue weighted by atomic mass is 16.6. The second-order valence-corrected chi connectivity index (χ2v) is 5.27. The fourth-order valence-electron chi connectivity index (χ4n) is 1.95. The third-order valence-corrected chi connectivity index (χ3v) is 3.37. The van der Waals surface area contributed by atoms with Crippen LogP contribution in [0.3, 0.4) is 0 Å². The Balaban J connectivity index is 1.87. The molecule has 2 aromatic rings. The summed E-state index contributed by atoms with van der Waals surface area (Å²) >= 11 is 0. The van der Waals surface area contributed by atoms with Crippen LogP contribution in [-0.2, 0) is 0 Å². The van der Waals surface area contributed by atoms with E-state index in [1.807, 2.05) is 24.3 Å². The van der Waals surface area contributed by atoms with Gasteiger partial charge < -0.3 is 4.74 Å². The Morgan fingerprint density at radius 1 is 1.20 bits per heavy atom.